The van der Waals surface area contributed by atoms with Crippen LogP contribution in [0.2, 0.25) is 0 Å². The van der Waals surface area contributed by atoms with Crippen molar-refractivity contribution in [1.29, 1.82) is 0 Å². The molecule has 3 atom stereocenters. The molecule has 2 aliphatic rings. The quantitative estimate of drug-likeness (QED) is 0.449. The van der Waals surface area contributed by atoms with Crippen LogP contribution in [0, 0.1) is 18.8 Å². The molecule has 5 nitrogen and oxygen atoms in total. The van der Waals surface area contributed by atoms with E-state index in [1.54, 1.807) is 6.26 Å². The number of piperidine rings is 1. The van der Waals surface area contributed by atoms with Gasteiger partial charge in [-0.15, -0.1) is 0 Å². The van der Waals surface area contributed by atoms with Gasteiger partial charge in [0.1, 0.15) is 5.58 Å². The van der Waals surface area contributed by atoms with Gasteiger partial charge in [0.05, 0.1) is 17.9 Å². The first-order chi connectivity index (χ1) is 16.6. The maximum atomic E-state index is 13.8. The number of aryl methyl sites for hydroxylation is 1. The van der Waals surface area contributed by atoms with Gasteiger partial charge in [-0.3, -0.25) is 9.59 Å². The van der Waals surface area contributed by atoms with E-state index in [4.69, 9.17) is 4.42 Å². The number of rotatable bonds is 5. The Balaban J connectivity index is 1.23. The van der Waals surface area contributed by atoms with Crippen LogP contribution in [0.15, 0.2) is 83.5 Å². The van der Waals surface area contributed by atoms with Gasteiger partial charge in [0, 0.05) is 24.0 Å². The van der Waals surface area contributed by atoms with Crippen LogP contribution in [0.1, 0.15) is 32.7 Å². The molecule has 1 saturated carbocycles. The van der Waals surface area contributed by atoms with Gasteiger partial charge in [0.25, 0.3) is 11.8 Å². The van der Waals surface area contributed by atoms with Gasteiger partial charge in [0.2, 0.25) is 0 Å². The molecule has 1 aliphatic heterocycles. The van der Waals surface area contributed by atoms with Crippen molar-refractivity contribution < 1.29 is 14.0 Å². The highest BCUT2D eigenvalue weighted by Gasteiger charge is 2.54. The standard InChI is InChI=1S/C29H26N2O3/c1-18-6-4-7-19(14-18)21-8-2-3-9-24(21)29(33)31-17-20-15-25(20)26(31)16-30-28(32)23-10-5-11-27-22(23)12-13-34-27/h2-14,20,25-26H,15-17H2,1H3,(H,30,32)/t20-,25-,26-/m1/s1. The van der Waals surface area contributed by atoms with Crippen molar-refractivity contribution in [3.05, 3.63) is 95.7 Å². The molecule has 0 spiro atoms. The number of benzene rings is 3. The summed E-state index contributed by atoms with van der Waals surface area (Å²) in [5.74, 6) is 0.901. The molecule has 1 aromatic heterocycles. The van der Waals surface area contributed by atoms with Crippen LogP contribution >= 0.6 is 0 Å². The summed E-state index contributed by atoms with van der Waals surface area (Å²) >= 11 is 0. The van der Waals surface area contributed by atoms with Crippen LogP contribution in [0.3, 0.4) is 0 Å². The van der Waals surface area contributed by atoms with Gasteiger partial charge in [-0.05, 0) is 60.6 Å². The Labute approximate surface area is 198 Å². The molecule has 4 aromatic rings. The van der Waals surface area contributed by atoms with Crippen molar-refractivity contribution in [2.45, 2.75) is 19.4 Å². The third-order valence-electron chi connectivity index (χ3n) is 7.26. The van der Waals surface area contributed by atoms with E-state index in [0.29, 0.717) is 35.1 Å². The van der Waals surface area contributed by atoms with E-state index in [9.17, 15) is 9.59 Å². The van der Waals surface area contributed by atoms with Gasteiger partial charge in [0.15, 0.2) is 0 Å². The second kappa shape index (κ2) is 8.17. The summed E-state index contributed by atoms with van der Waals surface area (Å²) in [6.07, 6.45) is 2.72. The molecular formula is C29H26N2O3. The van der Waals surface area contributed by atoms with E-state index in [0.717, 1.165) is 35.0 Å². The van der Waals surface area contributed by atoms with Crippen LogP contribution in [0.25, 0.3) is 22.1 Å². The Hall–Kier alpha value is -3.86. The molecule has 170 valence electrons. The largest absolute Gasteiger partial charge is 0.464 e. The molecule has 2 amide bonds. The van der Waals surface area contributed by atoms with Gasteiger partial charge in [-0.2, -0.15) is 0 Å². The average Bonchev–Trinajstić information content (AvgIpc) is 3.29. The molecule has 2 fully saturated rings. The van der Waals surface area contributed by atoms with E-state index in [1.807, 2.05) is 59.5 Å². The molecule has 34 heavy (non-hydrogen) atoms. The minimum absolute atomic E-state index is 0.00979. The minimum atomic E-state index is -0.136. The van der Waals surface area contributed by atoms with Gasteiger partial charge < -0.3 is 14.6 Å². The fourth-order valence-corrected chi connectivity index (χ4v) is 5.44. The van der Waals surface area contributed by atoms with E-state index < -0.39 is 0 Å². The first-order valence-corrected chi connectivity index (χ1v) is 11.8. The number of hydrogen-bond acceptors (Lipinski definition) is 3. The van der Waals surface area contributed by atoms with Crippen molar-refractivity contribution in [3.8, 4) is 11.1 Å². The van der Waals surface area contributed by atoms with Gasteiger partial charge in [-0.25, -0.2) is 0 Å². The summed E-state index contributed by atoms with van der Waals surface area (Å²) in [6, 6.07) is 23.4. The van der Waals surface area contributed by atoms with E-state index >= 15 is 0 Å². The maximum absolute atomic E-state index is 13.8. The molecule has 0 bridgehead atoms. The number of fused-ring (bicyclic) bond motifs is 2. The fourth-order valence-electron chi connectivity index (χ4n) is 5.44. The van der Waals surface area contributed by atoms with Crippen molar-refractivity contribution in [2.24, 2.45) is 11.8 Å². The summed E-state index contributed by atoms with van der Waals surface area (Å²) in [6.45, 7) is 3.26. The zero-order chi connectivity index (χ0) is 23.2. The highest BCUT2D eigenvalue weighted by Crippen LogP contribution is 2.50. The van der Waals surface area contributed by atoms with E-state index in [2.05, 4.69) is 30.4 Å². The molecular weight excluding hydrogens is 424 g/mol. The topological polar surface area (TPSA) is 62.6 Å². The van der Waals surface area contributed by atoms with Crippen LogP contribution in [0.5, 0.6) is 0 Å². The minimum Gasteiger partial charge on any atom is -0.464 e. The second-order valence-electron chi connectivity index (χ2n) is 9.45. The van der Waals surface area contributed by atoms with Crippen LogP contribution in [0.4, 0.5) is 0 Å². The molecule has 0 unspecified atom stereocenters. The highest BCUT2D eigenvalue weighted by atomic mass is 16.3. The molecule has 0 radical (unpaired) electrons. The predicted octanol–water partition coefficient (Wildman–Crippen LogP) is 5.30. The molecule has 1 N–H and O–H groups in total. The molecule has 1 saturated heterocycles. The number of carbonyl (C=O) groups is 2. The lowest BCUT2D eigenvalue weighted by atomic mass is 9.97. The molecule has 2 heterocycles. The van der Waals surface area contributed by atoms with Crippen LogP contribution < -0.4 is 5.32 Å². The number of hydrogen-bond donors (Lipinski definition) is 1. The smallest absolute Gasteiger partial charge is 0.254 e. The van der Waals surface area contributed by atoms with E-state index in [1.165, 1.54) is 0 Å². The Bertz CT molecular complexity index is 1410. The maximum Gasteiger partial charge on any atom is 0.254 e. The first kappa shape index (κ1) is 20.7. The average molecular weight is 451 g/mol. The number of carbonyl (C=O) groups excluding carboxylic acids is 2. The van der Waals surface area contributed by atoms with Crippen LogP contribution in [-0.4, -0.2) is 35.8 Å². The number of amides is 2. The lowest BCUT2D eigenvalue weighted by Gasteiger charge is -2.29. The Morgan fingerprint density at radius 3 is 2.71 bits per heavy atom. The summed E-state index contributed by atoms with van der Waals surface area (Å²) in [4.78, 5) is 28.7. The molecule has 3 aromatic carbocycles. The predicted molar refractivity (Wildman–Crippen MR) is 132 cm³/mol. The summed E-state index contributed by atoms with van der Waals surface area (Å²) in [5, 5.41) is 3.90. The summed E-state index contributed by atoms with van der Waals surface area (Å²) in [7, 11) is 0. The number of nitrogens with one attached hydrogen (secondary N) is 1. The number of likely N-dealkylation sites (tertiary alicyclic amines) is 1. The number of furan rings is 1. The Morgan fingerprint density at radius 1 is 1.00 bits per heavy atom. The van der Waals surface area contributed by atoms with Gasteiger partial charge >= 0.3 is 0 Å². The molecule has 5 heteroatoms. The zero-order valence-electron chi connectivity index (χ0n) is 19.0. The highest BCUT2D eigenvalue weighted by molar-refractivity contribution is 6.06. The van der Waals surface area contributed by atoms with Crippen LogP contribution in [-0.2, 0) is 0 Å². The van der Waals surface area contributed by atoms with E-state index in [-0.39, 0.29) is 17.9 Å². The third kappa shape index (κ3) is 3.58. The van der Waals surface area contributed by atoms with Gasteiger partial charge in [-0.1, -0.05) is 54.1 Å². The van der Waals surface area contributed by atoms with Crippen molar-refractivity contribution in [2.75, 3.05) is 13.1 Å². The summed E-state index contributed by atoms with van der Waals surface area (Å²) < 4.78 is 5.43. The lowest BCUT2D eigenvalue weighted by molar-refractivity contribution is 0.0695. The van der Waals surface area contributed by atoms with Crippen molar-refractivity contribution in [1.82, 2.24) is 10.2 Å². The monoisotopic (exact) mass is 450 g/mol. The Morgan fingerprint density at radius 2 is 1.82 bits per heavy atom. The fraction of sp³-hybridized carbons (Fsp3) is 0.241. The molecule has 6 rings (SSSR count). The SMILES string of the molecule is Cc1cccc(-c2ccccc2C(=O)N2C[C@H]3C[C@H]3[C@H]2CNC(=O)c2cccc3occc23)c1. The van der Waals surface area contributed by atoms with Crippen molar-refractivity contribution in [3.63, 3.8) is 0 Å². The lowest BCUT2D eigenvalue weighted by Crippen LogP contribution is -2.45. The summed E-state index contributed by atoms with van der Waals surface area (Å²) in [5.41, 5.74) is 5.17. The third-order valence-corrected chi connectivity index (χ3v) is 7.26. The van der Waals surface area contributed by atoms with Crippen molar-refractivity contribution >= 4 is 22.8 Å². The second-order valence-corrected chi connectivity index (χ2v) is 9.45. The number of nitrogens with zero attached hydrogens (tertiary/aromatic N) is 1. The molecule has 1 aliphatic carbocycles. The Kier molecular flexibility index (Phi) is 4.98. The normalized spacial score (nSPS) is 20.9. The zero-order valence-corrected chi connectivity index (χ0v) is 19.0. The first-order valence-electron chi connectivity index (χ1n) is 11.8.